The van der Waals surface area contributed by atoms with Crippen LogP contribution in [0.25, 0.3) is 0 Å². The van der Waals surface area contributed by atoms with Gasteiger partial charge in [0.05, 0.1) is 6.61 Å². The molecule has 2 rings (SSSR count). The van der Waals surface area contributed by atoms with Gasteiger partial charge in [0, 0.05) is 6.20 Å². The number of anilines is 1. The Bertz CT molecular complexity index is 1150. The van der Waals surface area contributed by atoms with Crippen molar-refractivity contribution in [3.05, 3.63) is 16.8 Å². The molecule has 196 valence electrons. The van der Waals surface area contributed by atoms with Crippen LogP contribution in [0.1, 0.15) is 6.23 Å². The van der Waals surface area contributed by atoms with Crippen LogP contribution in [0.4, 0.5) is 23.4 Å². The summed E-state index contributed by atoms with van der Waals surface area (Å²) in [7, 11) is -17.5. The number of phosphoric acid groups is 3. The van der Waals surface area contributed by atoms with Crippen molar-refractivity contribution in [1.82, 2.24) is 9.55 Å². The molecular formula is C10H14F4N3O13P3S. The van der Waals surface area contributed by atoms with Crippen LogP contribution in [-0.4, -0.2) is 69.9 Å². The van der Waals surface area contributed by atoms with Crippen LogP contribution in [0, 0.1) is 10.6 Å². The zero-order valence-corrected chi connectivity index (χ0v) is 19.3. The van der Waals surface area contributed by atoms with Gasteiger partial charge in [-0.3, -0.25) is 9.09 Å². The highest BCUT2D eigenvalue weighted by Gasteiger charge is 2.71. The van der Waals surface area contributed by atoms with E-state index in [-0.39, 0.29) is 10.8 Å². The summed E-state index contributed by atoms with van der Waals surface area (Å²) < 4.78 is 103. The molecule has 1 saturated heterocycles. The molecule has 24 heteroatoms. The topological polar surface area (TPSA) is 253 Å². The summed E-state index contributed by atoms with van der Waals surface area (Å²) in [5, 5.41) is 20.3. The third-order valence-corrected chi connectivity index (χ3v) is 8.05. The summed E-state index contributed by atoms with van der Waals surface area (Å²) in [6.45, 7) is -1.57. The first-order chi connectivity index (χ1) is 15.1. The summed E-state index contributed by atoms with van der Waals surface area (Å²) in [5.41, 5.74) is 0.908. The van der Waals surface area contributed by atoms with Gasteiger partial charge in [0.15, 0.2) is 17.9 Å². The molecule has 34 heavy (non-hydrogen) atoms. The second kappa shape index (κ2) is 9.53. The number of nitrogens with zero attached hydrogens (tertiary/aromatic N) is 2. The van der Waals surface area contributed by atoms with Gasteiger partial charge in [-0.1, -0.05) is 0 Å². The molecule has 0 bridgehead atoms. The molecule has 0 aromatic carbocycles. The first-order valence-electron chi connectivity index (χ1n) is 8.05. The van der Waals surface area contributed by atoms with Crippen molar-refractivity contribution in [2.24, 2.45) is 0 Å². The Morgan fingerprint density at radius 2 is 1.76 bits per heavy atom. The number of rotatable bonds is 8. The number of nitrogens with two attached hydrogens (primary N) is 1. The summed E-state index contributed by atoms with van der Waals surface area (Å²) >= 11 is 4.66. The summed E-state index contributed by atoms with van der Waals surface area (Å²) in [4.78, 5) is 38.6. The third kappa shape index (κ3) is 6.45. The highest BCUT2D eigenvalue weighted by molar-refractivity contribution is 7.71. The number of hydrogen-bond acceptors (Lipinski definition) is 12. The number of halogens is 4. The molecule has 8 N–H and O–H groups in total. The maximum atomic E-state index is 13.8. The largest absolute Gasteiger partial charge is 0.490 e. The predicted molar refractivity (Wildman–Crippen MR) is 98.2 cm³/mol. The van der Waals surface area contributed by atoms with Gasteiger partial charge in [-0.2, -0.15) is 26.8 Å². The molecule has 1 aliphatic rings. The molecule has 3 unspecified atom stereocenters. The maximum Gasteiger partial charge on any atom is 0.490 e. The minimum absolute atomic E-state index is 0.141. The normalized spacial score (nSPS) is 29.5. The summed E-state index contributed by atoms with van der Waals surface area (Å²) in [5.74, 6) is -2.22. The minimum Gasteiger partial charge on any atom is -0.387 e. The lowest BCUT2D eigenvalue weighted by molar-refractivity contribution is -0.304. The number of nitrogen functional groups attached to an aromatic ring is 1. The number of ether oxygens (including phenoxy) is 1. The second-order valence-corrected chi connectivity index (χ2v) is 11.1. The molecule has 1 aromatic rings. The van der Waals surface area contributed by atoms with Crippen LogP contribution >= 0.6 is 35.7 Å². The summed E-state index contributed by atoms with van der Waals surface area (Å²) in [6, 6.07) is 0. The van der Waals surface area contributed by atoms with Crippen molar-refractivity contribution >= 4 is 41.5 Å². The van der Waals surface area contributed by atoms with Gasteiger partial charge < -0.3 is 40.3 Å². The highest BCUT2D eigenvalue weighted by atomic mass is 32.1. The molecule has 0 amide bonds. The van der Waals surface area contributed by atoms with Gasteiger partial charge in [0.1, 0.15) is 12.2 Å². The quantitative estimate of drug-likeness (QED) is 0.122. The Balaban J connectivity index is 2.32. The summed E-state index contributed by atoms with van der Waals surface area (Å²) in [6.07, 6.45) is -13.5. The van der Waals surface area contributed by atoms with E-state index in [0.717, 1.165) is 0 Å². The Morgan fingerprint density at radius 3 is 2.26 bits per heavy atom. The molecule has 6 atom stereocenters. The Hall–Kier alpha value is -0.890. The zero-order valence-electron chi connectivity index (χ0n) is 15.8. The molecular weight excluding hydrogens is 571 g/mol. The molecule has 16 nitrogen and oxygen atoms in total. The van der Waals surface area contributed by atoms with Gasteiger partial charge in [0.2, 0.25) is 10.4 Å². The van der Waals surface area contributed by atoms with Gasteiger partial charge in [-0.05, 0) is 12.2 Å². The lowest BCUT2D eigenvalue weighted by Crippen LogP contribution is -2.57. The fourth-order valence-corrected chi connectivity index (χ4v) is 5.86. The fraction of sp³-hybridized carbons (Fsp3) is 0.600. The van der Waals surface area contributed by atoms with Gasteiger partial charge in [0.25, 0.3) is 0 Å². The van der Waals surface area contributed by atoms with Crippen LogP contribution in [0.3, 0.4) is 0 Å². The average Bonchev–Trinajstić information content (AvgIpc) is 2.85. The van der Waals surface area contributed by atoms with Crippen molar-refractivity contribution < 1.29 is 78.9 Å². The smallest absolute Gasteiger partial charge is 0.387 e. The first-order valence-corrected chi connectivity index (χ1v) is 13.0. The number of aromatic nitrogens is 2. The Labute approximate surface area is 189 Å². The Morgan fingerprint density at radius 1 is 1.21 bits per heavy atom. The van der Waals surface area contributed by atoms with E-state index in [4.69, 9.17) is 25.2 Å². The lowest BCUT2D eigenvalue weighted by atomic mass is 9.93. The van der Waals surface area contributed by atoms with E-state index in [1.165, 1.54) is 0 Å². The molecule has 2 heterocycles. The SMILES string of the molecule is Nc1nc(=S)n([C@@H]2O[C@H](COP(=O)(O)OP(=O)(O)OP(=O)(O)O)[C@H](O)C2(O)C(F)(F)F)cc1F. The van der Waals surface area contributed by atoms with Crippen molar-refractivity contribution in [2.45, 2.75) is 30.2 Å². The third-order valence-electron chi connectivity index (χ3n) is 3.94. The standard InChI is InChI=1S/C10H14F4N3O13P3S/c11-3-1-17(8(34)16-6(3)15)7-9(19,10(12,13)14)5(18)4(28-7)2-27-32(23,24)30-33(25,26)29-31(20,21)22/h1,4-5,7,18-19H,2H2,(H,23,24)(H,25,26)(H2,15,16,34)(H2,20,21,22)/t4-,5+,7-,9?/m1/s1. The van der Waals surface area contributed by atoms with Crippen molar-refractivity contribution in [2.75, 3.05) is 12.3 Å². The number of hydrogen-bond donors (Lipinski definition) is 7. The second-order valence-electron chi connectivity index (χ2n) is 6.35. The number of aliphatic hydroxyl groups is 2. The van der Waals surface area contributed by atoms with Crippen LogP contribution in [0.5, 0.6) is 0 Å². The average molecular weight is 585 g/mol. The minimum atomic E-state index is -5.95. The van der Waals surface area contributed by atoms with E-state index in [9.17, 15) is 46.4 Å². The number of alkyl halides is 3. The van der Waals surface area contributed by atoms with Crippen LogP contribution in [0.2, 0.25) is 0 Å². The van der Waals surface area contributed by atoms with E-state index in [0.29, 0.717) is 0 Å². The van der Waals surface area contributed by atoms with E-state index in [1.807, 2.05) is 0 Å². The lowest BCUT2D eigenvalue weighted by Gasteiger charge is -2.33. The highest BCUT2D eigenvalue weighted by Crippen LogP contribution is 2.66. The van der Waals surface area contributed by atoms with Gasteiger partial charge in [-0.15, -0.1) is 0 Å². The van der Waals surface area contributed by atoms with E-state index in [1.54, 1.807) is 0 Å². The van der Waals surface area contributed by atoms with Crippen molar-refractivity contribution in [3.8, 4) is 0 Å². The molecule has 0 radical (unpaired) electrons. The predicted octanol–water partition coefficient (Wildman–Crippen LogP) is 0.229. The van der Waals surface area contributed by atoms with Crippen LogP contribution in [-0.2, 0) is 31.6 Å². The van der Waals surface area contributed by atoms with Crippen molar-refractivity contribution in [3.63, 3.8) is 0 Å². The van der Waals surface area contributed by atoms with E-state index >= 15 is 0 Å². The van der Waals surface area contributed by atoms with Crippen molar-refractivity contribution in [1.29, 1.82) is 0 Å². The monoisotopic (exact) mass is 585 g/mol. The Kier molecular flexibility index (Phi) is 8.22. The maximum absolute atomic E-state index is 13.8. The fourth-order valence-electron chi connectivity index (χ4n) is 2.59. The first kappa shape index (κ1) is 29.3. The van der Waals surface area contributed by atoms with E-state index < -0.39 is 76.7 Å². The molecule has 0 aliphatic carbocycles. The van der Waals surface area contributed by atoms with Crippen LogP contribution < -0.4 is 5.73 Å². The molecule has 0 spiro atoms. The molecule has 1 aromatic heterocycles. The van der Waals surface area contributed by atoms with Gasteiger partial charge >= 0.3 is 29.6 Å². The zero-order chi connectivity index (χ0) is 26.5. The van der Waals surface area contributed by atoms with Crippen LogP contribution in [0.15, 0.2) is 6.20 Å². The number of aliphatic hydroxyl groups excluding tert-OH is 1. The molecule has 1 fully saturated rings. The molecule has 1 aliphatic heterocycles. The van der Waals surface area contributed by atoms with E-state index in [2.05, 4.69) is 30.3 Å². The molecule has 0 saturated carbocycles. The number of phosphoric ester groups is 1. The van der Waals surface area contributed by atoms with Gasteiger partial charge in [-0.25, -0.2) is 18.1 Å².